The highest BCUT2D eigenvalue weighted by atomic mass is 16.1. The van der Waals surface area contributed by atoms with Crippen molar-refractivity contribution in [3.63, 3.8) is 0 Å². The lowest BCUT2D eigenvalue weighted by Crippen LogP contribution is -2.37. The molecule has 0 radical (unpaired) electrons. The number of guanidine groups is 1. The molecule has 3 aromatic rings. The number of nitrogens with one attached hydrogen (secondary N) is 3. The number of rotatable bonds is 6. The van der Waals surface area contributed by atoms with E-state index in [0.29, 0.717) is 18.4 Å². The number of hydrogen-bond donors (Lipinski definition) is 4. The van der Waals surface area contributed by atoms with Crippen molar-refractivity contribution in [2.45, 2.75) is 32.2 Å². The predicted molar refractivity (Wildman–Crippen MR) is 120 cm³/mol. The summed E-state index contributed by atoms with van der Waals surface area (Å²) in [5.41, 5.74) is 8.75. The molecule has 1 saturated carbocycles. The van der Waals surface area contributed by atoms with Gasteiger partial charge in [-0.25, -0.2) is 9.98 Å². The number of amides is 1. The van der Waals surface area contributed by atoms with Crippen molar-refractivity contribution in [1.29, 1.82) is 0 Å². The monoisotopic (exact) mass is 404 g/mol. The van der Waals surface area contributed by atoms with Crippen LogP contribution in [0.25, 0.3) is 11.0 Å². The van der Waals surface area contributed by atoms with Gasteiger partial charge in [-0.05, 0) is 49.3 Å². The quantitative estimate of drug-likeness (QED) is 0.373. The van der Waals surface area contributed by atoms with Crippen LogP contribution in [0.15, 0.2) is 59.9 Å². The van der Waals surface area contributed by atoms with Crippen LogP contribution >= 0.6 is 0 Å². The Balaban J connectivity index is 1.22. The number of H-pyrrole nitrogens is 1. The van der Waals surface area contributed by atoms with Crippen LogP contribution in [0, 0.1) is 11.8 Å². The zero-order valence-electron chi connectivity index (χ0n) is 17.0. The lowest BCUT2D eigenvalue weighted by Gasteiger charge is -2.28. The minimum Gasteiger partial charge on any atom is -0.370 e. The van der Waals surface area contributed by atoms with E-state index >= 15 is 0 Å². The highest BCUT2D eigenvalue weighted by Gasteiger charge is 2.26. The van der Waals surface area contributed by atoms with Crippen molar-refractivity contribution in [2.75, 3.05) is 11.9 Å². The second kappa shape index (κ2) is 9.43. The average Bonchev–Trinajstić information content (AvgIpc) is 3.27. The van der Waals surface area contributed by atoms with E-state index in [-0.39, 0.29) is 11.8 Å². The first-order valence-corrected chi connectivity index (χ1v) is 10.5. The van der Waals surface area contributed by atoms with Gasteiger partial charge in [0.25, 0.3) is 0 Å². The number of nitrogens with zero attached hydrogens (tertiary/aromatic N) is 2. The minimum atomic E-state index is 0.0486. The molecule has 0 spiro atoms. The molecular formula is C23H28N6O. The Morgan fingerprint density at radius 2 is 1.93 bits per heavy atom. The fourth-order valence-corrected chi connectivity index (χ4v) is 4.00. The van der Waals surface area contributed by atoms with Gasteiger partial charge in [0, 0.05) is 30.2 Å². The molecule has 156 valence electrons. The molecule has 0 bridgehead atoms. The minimum absolute atomic E-state index is 0.0486. The molecule has 2 aromatic heterocycles. The normalized spacial score (nSPS) is 19.5. The largest absolute Gasteiger partial charge is 0.370 e. The number of aliphatic imine (C=N–C) groups is 1. The van der Waals surface area contributed by atoms with Gasteiger partial charge < -0.3 is 21.4 Å². The van der Waals surface area contributed by atoms with Crippen LogP contribution in [0.3, 0.4) is 0 Å². The van der Waals surface area contributed by atoms with Crippen molar-refractivity contribution < 1.29 is 4.79 Å². The molecule has 1 aromatic carbocycles. The van der Waals surface area contributed by atoms with Gasteiger partial charge in [-0.15, -0.1) is 0 Å². The van der Waals surface area contributed by atoms with Crippen molar-refractivity contribution in [3.05, 3.63) is 60.4 Å². The Kier molecular flexibility index (Phi) is 6.27. The topological polar surface area (TPSA) is 108 Å². The van der Waals surface area contributed by atoms with E-state index in [1.54, 1.807) is 6.20 Å². The standard InChI is InChI=1S/C23H28N6O/c24-23(27-14-16-4-2-1-3-5-16)28-15-17-6-8-18(9-7-17)22(30)29-20-11-13-26-21-19(20)10-12-25-21/h1-5,10-13,17-18H,6-9,14-15H2,(H3,24,27,28)(H2,25,26,29,30). The van der Waals surface area contributed by atoms with Crippen LogP contribution in [0.4, 0.5) is 5.69 Å². The zero-order valence-corrected chi connectivity index (χ0v) is 17.0. The van der Waals surface area contributed by atoms with Gasteiger partial charge in [-0.1, -0.05) is 30.3 Å². The maximum atomic E-state index is 12.7. The first-order valence-electron chi connectivity index (χ1n) is 10.5. The van der Waals surface area contributed by atoms with Gasteiger partial charge in [-0.2, -0.15) is 0 Å². The summed E-state index contributed by atoms with van der Waals surface area (Å²) in [6.45, 7) is 1.38. The van der Waals surface area contributed by atoms with Crippen LogP contribution in [0.2, 0.25) is 0 Å². The third-order valence-electron chi connectivity index (χ3n) is 5.78. The zero-order chi connectivity index (χ0) is 20.8. The molecule has 0 aliphatic heterocycles. The average molecular weight is 405 g/mol. The van der Waals surface area contributed by atoms with E-state index in [1.165, 1.54) is 0 Å². The number of aromatic amines is 1. The maximum Gasteiger partial charge on any atom is 0.227 e. The Morgan fingerprint density at radius 1 is 1.13 bits per heavy atom. The molecule has 7 nitrogen and oxygen atoms in total. The number of pyridine rings is 1. The van der Waals surface area contributed by atoms with E-state index < -0.39 is 0 Å². The molecule has 4 rings (SSSR count). The number of carbonyl (C=O) groups excluding carboxylic acids is 1. The summed E-state index contributed by atoms with van der Waals surface area (Å²) in [4.78, 5) is 24.5. The highest BCUT2D eigenvalue weighted by molar-refractivity contribution is 6.00. The van der Waals surface area contributed by atoms with Crippen LogP contribution in [0.1, 0.15) is 31.2 Å². The van der Waals surface area contributed by atoms with Crippen LogP contribution in [-0.2, 0) is 11.3 Å². The summed E-state index contributed by atoms with van der Waals surface area (Å²) in [5, 5.41) is 7.26. The van der Waals surface area contributed by atoms with E-state index in [2.05, 4.69) is 25.6 Å². The maximum absolute atomic E-state index is 12.7. The van der Waals surface area contributed by atoms with Crippen molar-refractivity contribution in [3.8, 4) is 0 Å². The molecule has 1 aliphatic carbocycles. The summed E-state index contributed by atoms with van der Waals surface area (Å²) in [7, 11) is 0. The molecular weight excluding hydrogens is 376 g/mol. The van der Waals surface area contributed by atoms with E-state index in [1.807, 2.05) is 48.7 Å². The second-order valence-corrected chi connectivity index (χ2v) is 7.87. The third kappa shape index (κ3) is 4.97. The molecule has 30 heavy (non-hydrogen) atoms. The van der Waals surface area contributed by atoms with Crippen molar-refractivity contribution in [1.82, 2.24) is 15.3 Å². The predicted octanol–water partition coefficient (Wildman–Crippen LogP) is 3.41. The SMILES string of the molecule is NC(=NCc1ccccc1)NCC1CCC(C(=O)Nc2ccnc3[nH]ccc23)CC1. The number of benzene rings is 1. The second-order valence-electron chi connectivity index (χ2n) is 7.87. The molecule has 2 heterocycles. The van der Waals surface area contributed by atoms with Gasteiger partial charge in [0.2, 0.25) is 5.91 Å². The Hall–Kier alpha value is -3.35. The Morgan fingerprint density at radius 3 is 2.73 bits per heavy atom. The van der Waals surface area contributed by atoms with Gasteiger partial charge >= 0.3 is 0 Å². The lowest BCUT2D eigenvalue weighted by atomic mass is 9.81. The molecule has 1 fully saturated rings. The van der Waals surface area contributed by atoms with E-state index in [0.717, 1.165) is 54.5 Å². The summed E-state index contributed by atoms with van der Waals surface area (Å²) >= 11 is 0. The molecule has 5 N–H and O–H groups in total. The van der Waals surface area contributed by atoms with Gasteiger partial charge in [0.05, 0.1) is 12.2 Å². The van der Waals surface area contributed by atoms with E-state index in [9.17, 15) is 4.79 Å². The number of nitrogens with two attached hydrogens (primary N) is 1. The molecule has 1 aliphatic rings. The van der Waals surface area contributed by atoms with Crippen LogP contribution < -0.4 is 16.4 Å². The fourth-order valence-electron chi connectivity index (χ4n) is 4.00. The first-order chi connectivity index (χ1) is 14.7. The lowest BCUT2D eigenvalue weighted by molar-refractivity contribution is -0.121. The number of anilines is 1. The van der Waals surface area contributed by atoms with E-state index in [4.69, 9.17) is 5.73 Å². The highest BCUT2D eigenvalue weighted by Crippen LogP contribution is 2.30. The molecule has 0 unspecified atom stereocenters. The Labute approximate surface area is 176 Å². The molecule has 0 saturated heterocycles. The number of aromatic nitrogens is 2. The van der Waals surface area contributed by atoms with Gasteiger partial charge in [0.15, 0.2) is 5.96 Å². The van der Waals surface area contributed by atoms with Gasteiger partial charge in [0.1, 0.15) is 5.65 Å². The summed E-state index contributed by atoms with van der Waals surface area (Å²) in [6, 6.07) is 13.8. The number of fused-ring (bicyclic) bond motifs is 1. The molecule has 7 heteroatoms. The van der Waals surface area contributed by atoms with Crippen LogP contribution in [-0.4, -0.2) is 28.4 Å². The molecule has 0 atom stereocenters. The molecule has 1 amide bonds. The van der Waals surface area contributed by atoms with Gasteiger partial charge in [-0.3, -0.25) is 4.79 Å². The smallest absolute Gasteiger partial charge is 0.227 e. The van der Waals surface area contributed by atoms with Crippen molar-refractivity contribution >= 4 is 28.6 Å². The summed E-state index contributed by atoms with van der Waals surface area (Å²) in [6.07, 6.45) is 7.34. The summed E-state index contributed by atoms with van der Waals surface area (Å²) in [5.74, 6) is 1.13. The number of carbonyl (C=O) groups is 1. The summed E-state index contributed by atoms with van der Waals surface area (Å²) < 4.78 is 0. The third-order valence-corrected chi connectivity index (χ3v) is 5.78. The fraction of sp³-hybridized carbons (Fsp3) is 0.348. The van der Waals surface area contributed by atoms with Crippen molar-refractivity contribution in [2.24, 2.45) is 22.6 Å². The first kappa shape index (κ1) is 19.9. The number of hydrogen-bond acceptors (Lipinski definition) is 3. The van der Waals surface area contributed by atoms with Crippen LogP contribution in [0.5, 0.6) is 0 Å². The Bertz CT molecular complexity index is 1000.